The van der Waals surface area contributed by atoms with Gasteiger partial charge < -0.3 is 10.2 Å². The number of hydrogen-bond acceptors (Lipinski definition) is 4. The molecule has 0 aromatic carbocycles. The molecule has 0 aliphatic carbocycles. The summed E-state index contributed by atoms with van der Waals surface area (Å²) in [7, 11) is 0. The lowest BCUT2D eigenvalue weighted by molar-refractivity contribution is 0.182. The van der Waals surface area contributed by atoms with Gasteiger partial charge in [0.1, 0.15) is 5.52 Å². The van der Waals surface area contributed by atoms with Crippen molar-refractivity contribution in [3.63, 3.8) is 0 Å². The number of imidazole rings is 1. The predicted octanol–water partition coefficient (Wildman–Crippen LogP) is -1.35. The van der Waals surface area contributed by atoms with E-state index in [1.54, 1.807) is 0 Å². The Hall–Kier alpha value is -2.05. The lowest BCUT2D eigenvalue weighted by atomic mass is 10.6. The molecule has 12 heavy (non-hydrogen) atoms. The van der Waals surface area contributed by atoms with E-state index in [4.69, 9.17) is 5.21 Å². The number of H-pyrrole nitrogens is 2. The summed E-state index contributed by atoms with van der Waals surface area (Å²) in [6, 6.07) is 0. The highest BCUT2D eigenvalue weighted by Gasteiger charge is 2.04. The fourth-order valence-electron chi connectivity index (χ4n) is 0.918. The summed E-state index contributed by atoms with van der Waals surface area (Å²) in [5.74, 6) is 0. The van der Waals surface area contributed by atoms with Crippen molar-refractivity contribution in [3.8, 4) is 0 Å². The minimum atomic E-state index is -0.835. The standard InChI is InChI=1S/C5H4N4O3/c10-4-7-2-1-6-5(11)9(12)3(2)8-4/h1,12H,(H2,7,8,10). The van der Waals surface area contributed by atoms with E-state index in [-0.39, 0.29) is 15.9 Å². The van der Waals surface area contributed by atoms with Crippen molar-refractivity contribution in [1.29, 1.82) is 0 Å². The second-order valence-corrected chi connectivity index (χ2v) is 2.19. The largest absolute Gasteiger partial charge is 0.422 e. The summed E-state index contributed by atoms with van der Waals surface area (Å²) in [5, 5.41) is 9.02. The van der Waals surface area contributed by atoms with E-state index in [1.165, 1.54) is 6.20 Å². The number of fused-ring (bicyclic) bond motifs is 1. The zero-order valence-corrected chi connectivity index (χ0v) is 5.74. The lowest BCUT2D eigenvalue weighted by Crippen LogP contribution is -2.20. The van der Waals surface area contributed by atoms with Crippen LogP contribution in [0.1, 0.15) is 0 Å². The molecular formula is C5H4N4O3. The summed E-state index contributed by atoms with van der Waals surface area (Å²) >= 11 is 0. The van der Waals surface area contributed by atoms with Gasteiger partial charge in [-0.2, -0.15) is 4.98 Å². The third-order valence-electron chi connectivity index (χ3n) is 1.43. The maximum atomic E-state index is 10.7. The molecule has 0 atom stereocenters. The van der Waals surface area contributed by atoms with E-state index >= 15 is 0 Å². The first-order chi connectivity index (χ1) is 5.68. The smallest absolute Gasteiger partial charge is 0.382 e. The van der Waals surface area contributed by atoms with Gasteiger partial charge in [-0.25, -0.2) is 9.59 Å². The van der Waals surface area contributed by atoms with Crippen LogP contribution in [0.3, 0.4) is 0 Å². The summed E-state index contributed by atoms with van der Waals surface area (Å²) in [4.78, 5) is 29.2. The monoisotopic (exact) mass is 168 g/mol. The van der Waals surface area contributed by atoms with Crippen LogP contribution >= 0.6 is 0 Å². The van der Waals surface area contributed by atoms with E-state index in [1.807, 2.05) is 0 Å². The van der Waals surface area contributed by atoms with Crippen LogP contribution in [0.15, 0.2) is 15.8 Å². The molecular weight excluding hydrogens is 164 g/mol. The van der Waals surface area contributed by atoms with Crippen LogP contribution in [0.4, 0.5) is 0 Å². The molecule has 0 amide bonds. The third kappa shape index (κ3) is 0.729. The van der Waals surface area contributed by atoms with Crippen LogP contribution in [-0.2, 0) is 0 Å². The van der Waals surface area contributed by atoms with Crippen molar-refractivity contribution >= 4 is 11.2 Å². The number of hydrogen-bond donors (Lipinski definition) is 3. The number of aromatic amines is 2. The Kier molecular flexibility index (Phi) is 1.09. The normalized spacial score (nSPS) is 10.7. The Morgan fingerprint density at radius 3 is 2.92 bits per heavy atom. The first-order valence-electron chi connectivity index (χ1n) is 3.08. The molecule has 7 heteroatoms. The summed E-state index contributed by atoms with van der Waals surface area (Å²) in [6.07, 6.45) is 1.17. The van der Waals surface area contributed by atoms with Crippen molar-refractivity contribution < 1.29 is 5.21 Å². The van der Waals surface area contributed by atoms with Crippen molar-refractivity contribution in [2.24, 2.45) is 0 Å². The fourth-order valence-corrected chi connectivity index (χ4v) is 0.918. The molecule has 0 aliphatic rings. The minimum absolute atomic E-state index is 0.0139. The van der Waals surface area contributed by atoms with E-state index in [0.29, 0.717) is 0 Å². The highest BCUT2D eigenvalue weighted by Crippen LogP contribution is 1.97. The van der Waals surface area contributed by atoms with Crippen LogP contribution in [0.25, 0.3) is 11.2 Å². The molecule has 0 spiro atoms. The molecule has 2 rings (SSSR count). The quantitative estimate of drug-likeness (QED) is 0.423. The number of nitrogens with zero attached hydrogens (tertiary/aromatic N) is 2. The molecule has 2 aromatic rings. The van der Waals surface area contributed by atoms with Crippen molar-refractivity contribution in [2.45, 2.75) is 0 Å². The van der Waals surface area contributed by atoms with Gasteiger partial charge in [-0.15, -0.1) is 4.73 Å². The summed E-state index contributed by atoms with van der Waals surface area (Å²) in [6.45, 7) is 0. The molecule has 0 unspecified atom stereocenters. The minimum Gasteiger partial charge on any atom is -0.422 e. The van der Waals surface area contributed by atoms with E-state index in [2.05, 4.69) is 15.0 Å². The average Bonchev–Trinajstić information content (AvgIpc) is 2.39. The zero-order chi connectivity index (χ0) is 8.72. The maximum absolute atomic E-state index is 10.7. The van der Waals surface area contributed by atoms with Gasteiger partial charge in [0.2, 0.25) is 0 Å². The van der Waals surface area contributed by atoms with E-state index in [9.17, 15) is 9.59 Å². The predicted molar refractivity (Wildman–Crippen MR) is 38.2 cm³/mol. The zero-order valence-electron chi connectivity index (χ0n) is 5.74. The first kappa shape index (κ1) is 6.65. The summed E-state index contributed by atoms with van der Waals surface area (Å²) in [5.41, 5.74) is -1.04. The maximum Gasteiger partial charge on any atom is 0.382 e. The third-order valence-corrected chi connectivity index (χ3v) is 1.43. The van der Waals surface area contributed by atoms with Crippen molar-refractivity contribution in [2.75, 3.05) is 0 Å². The second-order valence-electron chi connectivity index (χ2n) is 2.19. The summed E-state index contributed by atoms with van der Waals surface area (Å²) < 4.78 is 0.271. The van der Waals surface area contributed by atoms with Gasteiger partial charge in [0.05, 0.1) is 6.20 Å². The van der Waals surface area contributed by atoms with E-state index in [0.717, 1.165) is 0 Å². The molecule has 0 saturated carbocycles. The first-order valence-corrected chi connectivity index (χ1v) is 3.08. The molecule has 7 nitrogen and oxygen atoms in total. The van der Waals surface area contributed by atoms with Gasteiger partial charge in [-0.1, -0.05) is 0 Å². The van der Waals surface area contributed by atoms with Crippen LogP contribution in [0, 0.1) is 0 Å². The SMILES string of the molecule is O=c1[nH]c2cnc(=O)n(O)c2[nH]1. The number of rotatable bonds is 0. The Balaban J connectivity index is 3.09. The highest BCUT2D eigenvalue weighted by atomic mass is 16.5. The van der Waals surface area contributed by atoms with Crippen LogP contribution in [-0.4, -0.2) is 24.9 Å². The highest BCUT2D eigenvalue weighted by molar-refractivity contribution is 5.68. The van der Waals surface area contributed by atoms with Gasteiger partial charge >= 0.3 is 11.4 Å². The molecule has 0 radical (unpaired) electrons. The molecule has 2 heterocycles. The average molecular weight is 168 g/mol. The van der Waals surface area contributed by atoms with Crippen LogP contribution < -0.4 is 11.4 Å². The van der Waals surface area contributed by atoms with Gasteiger partial charge in [-0.05, 0) is 0 Å². The molecule has 3 N–H and O–H groups in total. The van der Waals surface area contributed by atoms with Crippen LogP contribution in [0.5, 0.6) is 0 Å². The molecule has 0 aliphatic heterocycles. The van der Waals surface area contributed by atoms with Crippen LogP contribution in [0.2, 0.25) is 0 Å². The topological polar surface area (TPSA) is 104 Å². The van der Waals surface area contributed by atoms with Gasteiger partial charge in [-0.3, -0.25) is 4.98 Å². The van der Waals surface area contributed by atoms with Crippen molar-refractivity contribution in [1.82, 2.24) is 19.7 Å². The number of nitrogens with one attached hydrogen (secondary N) is 2. The molecule has 0 saturated heterocycles. The Morgan fingerprint density at radius 2 is 2.17 bits per heavy atom. The lowest BCUT2D eigenvalue weighted by Gasteiger charge is -1.92. The molecule has 62 valence electrons. The van der Waals surface area contributed by atoms with Gasteiger partial charge in [0.15, 0.2) is 5.65 Å². The van der Waals surface area contributed by atoms with Gasteiger partial charge in [0, 0.05) is 0 Å². The Bertz CT molecular complexity index is 533. The fraction of sp³-hybridized carbons (Fsp3) is 0. The van der Waals surface area contributed by atoms with Crippen molar-refractivity contribution in [3.05, 3.63) is 27.2 Å². The Labute approximate surface area is 64.3 Å². The molecule has 2 aromatic heterocycles. The Morgan fingerprint density at radius 1 is 1.42 bits per heavy atom. The number of aromatic nitrogens is 4. The van der Waals surface area contributed by atoms with E-state index < -0.39 is 11.4 Å². The molecule has 0 fully saturated rings. The second kappa shape index (κ2) is 1.97. The van der Waals surface area contributed by atoms with Gasteiger partial charge in [0.25, 0.3) is 0 Å². The molecule has 0 bridgehead atoms.